The molecule has 0 unspecified atom stereocenters. The number of hydrogen-bond acceptors (Lipinski definition) is 4. The maximum atomic E-state index is 12.3. The van der Waals surface area contributed by atoms with Crippen molar-refractivity contribution in [2.75, 3.05) is 0 Å². The molecule has 0 saturated carbocycles. The zero-order chi connectivity index (χ0) is 18.1. The molecule has 126 valence electrons. The average molecular weight is 343 g/mol. The van der Waals surface area contributed by atoms with Crippen LogP contribution in [0.5, 0.6) is 0 Å². The summed E-state index contributed by atoms with van der Waals surface area (Å²) in [4.78, 5) is 23.0. The van der Waals surface area contributed by atoms with E-state index in [-0.39, 0.29) is 11.3 Å². The molecule has 0 atom stereocenters. The van der Waals surface area contributed by atoms with Crippen molar-refractivity contribution in [2.24, 2.45) is 0 Å². The van der Waals surface area contributed by atoms with Crippen molar-refractivity contribution in [3.8, 4) is 0 Å². The summed E-state index contributed by atoms with van der Waals surface area (Å²) in [5.74, 6) is -0.0808. The van der Waals surface area contributed by atoms with Crippen LogP contribution in [0.15, 0.2) is 78.4 Å². The first-order chi connectivity index (χ1) is 12.6. The first-order valence-electron chi connectivity index (χ1n) is 8.00. The number of rotatable bonds is 3. The molecule has 0 bridgehead atoms. The number of esters is 1. The molecule has 5 heteroatoms. The summed E-state index contributed by atoms with van der Waals surface area (Å²) in [6, 6.07) is 19.9. The highest BCUT2D eigenvalue weighted by atomic mass is 16.6. The van der Waals surface area contributed by atoms with E-state index in [4.69, 9.17) is 4.74 Å². The van der Waals surface area contributed by atoms with Gasteiger partial charge in [-0.05, 0) is 29.0 Å². The minimum atomic E-state index is -0.522. The molecule has 3 aromatic carbocycles. The Morgan fingerprint density at radius 1 is 0.923 bits per heavy atom. The van der Waals surface area contributed by atoms with Crippen LogP contribution in [0.25, 0.3) is 22.6 Å². The van der Waals surface area contributed by atoms with E-state index in [1.807, 2.05) is 42.5 Å². The molecule has 1 aliphatic heterocycles. The van der Waals surface area contributed by atoms with Gasteiger partial charge in [-0.3, -0.25) is 10.1 Å². The highest BCUT2D eigenvalue weighted by Gasteiger charge is 2.24. The van der Waals surface area contributed by atoms with Gasteiger partial charge in [0.05, 0.1) is 16.1 Å². The normalized spacial score (nSPS) is 15.2. The van der Waals surface area contributed by atoms with Gasteiger partial charge in [-0.2, -0.15) is 0 Å². The Morgan fingerprint density at radius 2 is 1.65 bits per heavy atom. The van der Waals surface area contributed by atoms with Crippen molar-refractivity contribution in [3.63, 3.8) is 0 Å². The van der Waals surface area contributed by atoms with Crippen molar-refractivity contribution < 1.29 is 14.5 Å². The molecule has 0 aliphatic carbocycles. The highest BCUT2D eigenvalue weighted by molar-refractivity contribution is 6.07. The van der Waals surface area contributed by atoms with Crippen LogP contribution in [0.1, 0.15) is 11.1 Å². The van der Waals surface area contributed by atoms with E-state index >= 15 is 0 Å². The average Bonchev–Trinajstić information content (AvgIpc) is 3.02. The third kappa shape index (κ3) is 2.75. The van der Waals surface area contributed by atoms with Gasteiger partial charge in [0, 0.05) is 11.6 Å². The predicted molar refractivity (Wildman–Crippen MR) is 99.1 cm³/mol. The third-order valence-corrected chi connectivity index (χ3v) is 4.22. The molecule has 0 aromatic heterocycles. The van der Waals surface area contributed by atoms with Crippen molar-refractivity contribution in [1.82, 2.24) is 0 Å². The van der Waals surface area contributed by atoms with Gasteiger partial charge in [0.15, 0.2) is 0 Å². The molecule has 1 aliphatic rings. The van der Waals surface area contributed by atoms with Crippen LogP contribution in [-0.2, 0) is 9.53 Å². The quantitative estimate of drug-likeness (QED) is 0.298. The molecule has 5 nitrogen and oxygen atoms in total. The number of nitro groups is 1. The zero-order valence-electron chi connectivity index (χ0n) is 13.6. The topological polar surface area (TPSA) is 69.4 Å². The lowest BCUT2D eigenvalue weighted by molar-refractivity contribution is -0.385. The van der Waals surface area contributed by atoms with Gasteiger partial charge in [-0.1, -0.05) is 54.6 Å². The number of ether oxygens (including phenoxy) is 1. The van der Waals surface area contributed by atoms with E-state index in [0.29, 0.717) is 11.3 Å². The molecule has 0 amide bonds. The Morgan fingerprint density at radius 3 is 2.50 bits per heavy atom. The zero-order valence-corrected chi connectivity index (χ0v) is 13.6. The number of carbonyl (C=O) groups is 1. The Labute approximate surface area is 149 Å². The Kier molecular flexibility index (Phi) is 3.82. The molecule has 0 radical (unpaired) electrons. The lowest BCUT2D eigenvalue weighted by atomic mass is 10.0. The summed E-state index contributed by atoms with van der Waals surface area (Å²) in [6.45, 7) is 0. The summed E-state index contributed by atoms with van der Waals surface area (Å²) in [5.41, 5.74) is 1.39. The number of nitrogens with zero attached hydrogens (tertiary/aromatic N) is 1. The number of para-hydroxylation sites is 1. The first-order valence-corrected chi connectivity index (χ1v) is 8.00. The van der Waals surface area contributed by atoms with Crippen LogP contribution in [0.4, 0.5) is 5.69 Å². The molecular formula is C21H13NO4. The summed E-state index contributed by atoms with van der Waals surface area (Å²) in [7, 11) is 0. The minimum absolute atomic E-state index is 0.0557. The van der Waals surface area contributed by atoms with E-state index < -0.39 is 10.9 Å². The molecule has 0 saturated heterocycles. The molecule has 4 rings (SSSR count). The van der Waals surface area contributed by atoms with Crippen molar-refractivity contribution in [1.29, 1.82) is 0 Å². The lowest BCUT2D eigenvalue weighted by Gasteiger charge is -2.06. The predicted octanol–water partition coefficient (Wildman–Crippen LogP) is 4.73. The fourth-order valence-corrected chi connectivity index (χ4v) is 3.01. The molecule has 26 heavy (non-hydrogen) atoms. The summed E-state index contributed by atoms with van der Waals surface area (Å²) in [6.07, 6.45) is 3.11. The van der Waals surface area contributed by atoms with E-state index in [1.54, 1.807) is 24.3 Å². The van der Waals surface area contributed by atoms with Gasteiger partial charge in [0.25, 0.3) is 5.69 Å². The van der Waals surface area contributed by atoms with E-state index in [9.17, 15) is 14.9 Å². The molecule has 0 spiro atoms. The summed E-state index contributed by atoms with van der Waals surface area (Å²) >= 11 is 0. The second kappa shape index (κ2) is 6.29. The molecule has 0 fully saturated rings. The Bertz CT molecular complexity index is 1110. The Hall–Kier alpha value is -3.73. The number of nitro benzene ring substituents is 1. The van der Waals surface area contributed by atoms with E-state index in [1.165, 1.54) is 12.1 Å². The van der Waals surface area contributed by atoms with Crippen molar-refractivity contribution in [2.45, 2.75) is 0 Å². The van der Waals surface area contributed by atoms with Gasteiger partial charge in [-0.15, -0.1) is 0 Å². The number of benzene rings is 3. The van der Waals surface area contributed by atoms with Crippen LogP contribution >= 0.6 is 0 Å². The molecule has 1 heterocycles. The van der Waals surface area contributed by atoms with Crippen molar-refractivity contribution in [3.05, 3.63) is 99.6 Å². The number of carbonyl (C=O) groups excluding carboxylic acids is 1. The fourth-order valence-electron chi connectivity index (χ4n) is 3.01. The maximum Gasteiger partial charge on any atom is 0.343 e. The second-order valence-corrected chi connectivity index (χ2v) is 5.84. The minimum Gasteiger partial charge on any atom is -0.422 e. The molecular weight excluding hydrogens is 330 g/mol. The summed E-state index contributed by atoms with van der Waals surface area (Å²) in [5, 5.41) is 13.2. The van der Waals surface area contributed by atoms with Gasteiger partial charge in [0.2, 0.25) is 0 Å². The first kappa shape index (κ1) is 15.8. The van der Waals surface area contributed by atoms with Gasteiger partial charge < -0.3 is 4.74 Å². The Balaban J connectivity index is 1.80. The van der Waals surface area contributed by atoms with E-state index in [0.717, 1.165) is 16.3 Å². The van der Waals surface area contributed by atoms with Crippen LogP contribution in [0, 0.1) is 10.1 Å². The third-order valence-electron chi connectivity index (χ3n) is 4.22. The van der Waals surface area contributed by atoms with Crippen LogP contribution < -0.4 is 0 Å². The number of fused-ring (bicyclic) bond motifs is 1. The van der Waals surface area contributed by atoms with Crippen LogP contribution in [0.3, 0.4) is 0 Å². The number of cyclic esters (lactones) is 1. The molecule has 3 aromatic rings. The smallest absolute Gasteiger partial charge is 0.343 e. The number of hydrogen-bond donors (Lipinski definition) is 0. The second-order valence-electron chi connectivity index (χ2n) is 5.84. The fraction of sp³-hybridized carbons (Fsp3) is 0. The van der Waals surface area contributed by atoms with Gasteiger partial charge in [-0.25, -0.2) is 4.79 Å². The van der Waals surface area contributed by atoms with E-state index in [2.05, 4.69) is 0 Å². The van der Waals surface area contributed by atoms with Crippen LogP contribution in [0.2, 0.25) is 0 Å². The largest absolute Gasteiger partial charge is 0.422 e. The van der Waals surface area contributed by atoms with Gasteiger partial charge >= 0.3 is 5.97 Å². The lowest BCUT2D eigenvalue weighted by Crippen LogP contribution is -1.98. The standard InChI is InChI=1S/C21H13NO4/c23-21-16(12-15-7-2-4-11-19(15)22(24)25)13-20(26-21)18-10-5-8-14-6-1-3-9-17(14)18/h1-13H/b16-12-. The van der Waals surface area contributed by atoms with Crippen LogP contribution in [-0.4, -0.2) is 10.9 Å². The van der Waals surface area contributed by atoms with Crippen molar-refractivity contribution >= 4 is 34.3 Å². The summed E-state index contributed by atoms with van der Waals surface area (Å²) < 4.78 is 5.42. The molecule has 0 N–H and O–H groups in total. The van der Waals surface area contributed by atoms with Gasteiger partial charge in [0.1, 0.15) is 5.76 Å². The monoisotopic (exact) mass is 343 g/mol. The maximum absolute atomic E-state index is 12.3. The SMILES string of the molecule is O=C1OC(c2cccc3ccccc23)=C/C1=C/c1ccccc1[N+](=O)[O-]. The highest BCUT2D eigenvalue weighted by Crippen LogP contribution is 2.32.